The number of hydrogen-bond donors (Lipinski definition) is 1. The topological polar surface area (TPSA) is 57.7 Å². The third-order valence-electron chi connectivity index (χ3n) is 4.81. The highest BCUT2D eigenvalue weighted by Crippen LogP contribution is 2.24. The number of carbonyl (C=O) groups excluding carboxylic acids is 1. The lowest BCUT2D eigenvalue weighted by atomic mass is 10.00. The highest BCUT2D eigenvalue weighted by Gasteiger charge is 2.22. The largest absolute Gasteiger partial charge is 0.379 e. The molecule has 0 spiro atoms. The van der Waals surface area contributed by atoms with E-state index in [-0.39, 0.29) is 5.91 Å². The molecule has 132 valence electrons. The zero-order chi connectivity index (χ0) is 16.8. The van der Waals surface area contributed by atoms with Gasteiger partial charge >= 0.3 is 0 Å². The first-order valence-corrected chi connectivity index (χ1v) is 9.02. The third kappa shape index (κ3) is 4.45. The molecular weight excluding hydrogens is 304 g/mol. The van der Waals surface area contributed by atoms with Crippen LogP contribution in [0.1, 0.15) is 30.1 Å². The molecule has 0 saturated carbocycles. The number of pyridine rings is 1. The molecule has 3 rings (SSSR count). The van der Waals surface area contributed by atoms with Gasteiger partial charge in [0.2, 0.25) is 0 Å². The Hall–Kier alpha value is -1.66. The highest BCUT2D eigenvalue weighted by molar-refractivity contribution is 5.98. The molecule has 0 aliphatic carbocycles. The van der Waals surface area contributed by atoms with E-state index in [4.69, 9.17) is 4.74 Å². The summed E-state index contributed by atoms with van der Waals surface area (Å²) in [4.78, 5) is 21.7. The molecule has 0 unspecified atom stereocenters. The van der Waals surface area contributed by atoms with E-state index in [1.165, 1.54) is 6.42 Å². The average Bonchev–Trinajstić information content (AvgIpc) is 2.62. The average molecular weight is 332 g/mol. The van der Waals surface area contributed by atoms with E-state index in [1.807, 2.05) is 12.1 Å². The molecule has 2 fully saturated rings. The molecule has 2 aliphatic heterocycles. The highest BCUT2D eigenvalue weighted by atomic mass is 16.5. The van der Waals surface area contributed by atoms with Crippen LogP contribution in [0.4, 0.5) is 5.82 Å². The van der Waals surface area contributed by atoms with Crippen molar-refractivity contribution in [2.24, 2.45) is 5.92 Å². The van der Waals surface area contributed by atoms with Gasteiger partial charge in [0, 0.05) is 45.5 Å². The van der Waals surface area contributed by atoms with Crippen LogP contribution in [0.15, 0.2) is 18.3 Å². The molecule has 0 radical (unpaired) electrons. The second-order valence-electron chi connectivity index (χ2n) is 6.78. The summed E-state index contributed by atoms with van der Waals surface area (Å²) in [6, 6.07) is 3.72. The van der Waals surface area contributed by atoms with E-state index in [0.29, 0.717) is 18.0 Å². The first kappa shape index (κ1) is 17.2. The maximum absolute atomic E-state index is 12.6. The molecule has 3 heterocycles. The van der Waals surface area contributed by atoms with E-state index in [1.54, 1.807) is 6.20 Å². The summed E-state index contributed by atoms with van der Waals surface area (Å²) in [5.74, 6) is 1.45. The quantitative estimate of drug-likeness (QED) is 0.883. The monoisotopic (exact) mass is 332 g/mol. The number of rotatable bonds is 5. The van der Waals surface area contributed by atoms with Crippen molar-refractivity contribution in [1.82, 2.24) is 15.2 Å². The fourth-order valence-corrected chi connectivity index (χ4v) is 3.46. The number of nitrogens with zero attached hydrogens (tertiary/aromatic N) is 3. The number of piperidine rings is 1. The molecule has 2 aliphatic rings. The molecule has 1 atom stereocenters. The molecule has 1 aromatic heterocycles. The number of nitrogens with one attached hydrogen (secondary N) is 1. The van der Waals surface area contributed by atoms with Crippen molar-refractivity contribution < 1.29 is 9.53 Å². The van der Waals surface area contributed by atoms with E-state index >= 15 is 0 Å². The Morgan fingerprint density at radius 1 is 1.38 bits per heavy atom. The van der Waals surface area contributed by atoms with Crippen LogP contribution in [0, 0.1) is 5.92 Å². The normalized spacial score (nSPS) is 22.4. The van der Waals surface area contributed by atoms with Gasteiger partial charge in [-0.1, -0.05) is 6.92 Å². The lowest BCUT2D eigenvalue weighted by molar-refractivity contribution is 0.0383. The summed E-state index contributed by atoms with van der Waals surface area (Å²) in [7, 11) is 0. The van der Waals surface area contributed by atoms with Gasteiger partial charge in [-0.15, -0.1) is 0 Å². The number of aromatic nitrogens is 1. The predicted molar refractivity (Wildman–Crippen MR) is 94.4 cm³/mol. The maximum atomic E-state index is 12.6. The standard InChI is InChI=1S/C18H28N4O2/c1-15-4-3-8-22(14-15)17-16(5-2-6-19-17)18(23)20-7-9-21-10-12-24-13-11-21/h2,5-6,15H,3-4,7-14H2,1H3,(H,20,23)/t15-/m1/s1. The summed E-state index contributed by atoms with van der Waals surface area (Å²) < 4.78 is 5.35. The van der Waals surface area contributed by atoms with Gasteiger partial charge < -0.3 is 15.0 Å². The van der Waals surface area contributed by atoms with Gasteiger partial charge in [0.25, 0.3) is 5.91 Å². The van der Waals surface area contributed by atoms with Gasteiger partial charge in [0.15, 0.2) is 0 Å². The Kier molecular flexibility index (Phi) is 6.04. The zero-order valence-corrected chi connectivity index (χ0v) is 14.5. The van der Waals surface area contributed by atoms with Crippen LogP contribution in [-0.4, -0.2) is 68.3 Å². The summed E-state index contributed by atoms with van der Waals surface area (Å²) in [5.41, 5.74) is 0.688. The number of morpholine rings is 1. The predicted octanol–water partition coefficient (Wildman–Crippen LogP) is 1.38. The Labute approximate surface area is 144 Å². The zero-order valence-electron chi connectivity index (χ0n) is 14.5. The van der Waals surface area contributed by atoms with Crippen LogP contribution < -0.4 is 10.2 Å². The van der Waals surface area contributed by atoms with Gasteiger partial charge in [0.05, 0.1) is 18.8 Å². The van der Waals surface area contributed by atoms with Crippen molar-refractivity contribution in [3.05, 3.63) is 23.9 Å². The van der Waals surface area contributed by atoms with Crippen LogP contribution in [-0.2, 0) is 4.74 Å². The first-order valence-electron chi connectivity index (χ1n) is 9.02. The van der Waals surface area contributed by atoms with Crippen molar-refractivity contribution in [2.45, 2.75) is 19.8 Å². The fourth-order valence-electron chi connectivity index (χ4n) is 3.46. The smallest absolute Gasteiger partial charge is 0.255 e. The molecule has 6 nitrogen and oxygen atoms in total. The minimum absolute atomic E-state index is 0.0235. The van der Waals surface area contributed by atoms with Gasteiger partial charge in [-0.2, -0.15) is 0 Å². The Morgan fingerprint density at radius 2 is 2.21 bits per heavy atom. The van der Waals surface area contributed by atoms with Gasteiger partial charge in [0.1, 0.15) is 5.82 Å². The van der Waals surface area contributed by atoms with Crippen molar-refractivity contribution in [3.63, 3.8) is 0 Å². The molecule has 0 bridgehead atoms. The Balaban J connectivity index is 1.58. The number of amides is 1. The number of carbonyl (C=O) groups is 1. The van der Waals surface area contributed by atoms with Crippen molar-refractivity contribution in [3.8, 4) is 0 Å². The van der Waals surface area contributed by atoms with E-state index in [0.717, 1.165) is 58.2 Å². The van der Waals surface area contributed by atoms with Crippen molar-refractivity contribution in [1.29, 1.82) is 0 Å². The summed E-state index contributed by atoms with van der Waals surface area (Å²) in [6.07, 6.45) is 4.19. The maximum Gasteiger partial charge on any atom is 0.255 e. The van der Waals surface area contributed by atoms with E-state index < -0.39 is 0 Å². The van der Waals surface area contributed by atoms with Crippen LogP contribution in [0.3, 0.4) is 0 Å². The summed E-state index contributed by atoms with van der Waals surface area (Å²) in [6.45, 7) is 9.20. The van der Waals surface area contributed by atoms with Gasteiger partial charge in [-0.3, -0.25) is 9.69 Å². The molecule has 0 aromatic carbocycles. The molecule has 1 N–H and O–H groups in total. The second-order valence-corrected chi connectivity index (χ2v) is 6.78. The molecule has 1 amide bonds. The van der Waals surface area contributed by atoms with Gasteiger partial charge in [-0.05, 0) is 30.9 Å². The minimum atomic E-state index is -0.0235. The molecular formula is C18H28N4O2. The fraction of sp³-hybridized carbons (Fsp3) is 0.667. The second kappa shape index (κ2) is 8.44. The molecule has 1 aromatic rings. The van der Waals surface area contributed by atoms with Crippen LogP contribution in [0.5, 0.6) is 0 Å². The lowest BCUT2D eigenvalue weighted by Crippen LogP contribution is -2.42. The first-order chi connectivity index (χ1) is 11.7. The van der Waals surface area contributed by atoms with Crippen LogP contribution >= 0.6 is 0 Å². The number of ether oxygens (including phenoxy) is 1. The van der Waals surface area contributed by atoms with Gasteiger partial charge in [-0.25, -0.2) is 4.98 Å². The lowest BCUT2D eigenvalue weighted by Gasteiger charge is -2.32. The van der Waals surface area contributed by atoms with Crippen LogP contribution in [0.25, 0.3) is 0 Å². The third-order valence-corrected chi connectivity index (χ3v) is 4.81. The Bertz CT molecular complexity index is 546. The summed E-state index contributed by atoms with van der Waals surface area (Å²) in [5, 5.41) is 3.05. The minimum Gasteiger partial charge on any atom is -0.379 e. The number of anilines is 1. The van der Waals surface area contributed by atoms with Crippen molar-refractivity contribution >= 4 is 11.7 Å². The SMILES string of the molecule is C[C@@H]1CCCN(c2ncccc2C(=O)NCCN2CCOCC2)C1. The number of hydrogen-bond acceptors (Lipinski definition) is 5. The summed E-state index contributed by atoms with van der Waals surface area (Å²) >= 11 is 0. The van der Waals surface area contributed by atoms with Crippen LogP contribution in [0.2, 0.25) is 0 Å². The molecule has 24 heavy (non-hydrogen) atoms. The molecule has 2 saturated heterocycles. The molecule has 6 heteroatoms. The van der Waals surface area contributed by atoms with E-state index in [2.05, 4.69) is 27.0 Å². The van der Waals surface area contributed by atoms with E-state index in [9.17, 15) is 4.79 Å². The Morgan fingerprint density at radius 3 is 3.00 bits per heavy atom. The van der Waals surface area contributed by atoms with Crippen molar-refractivity contribution in [2.75, 3.05) is 57.4 Å².